The highest BCUT2D eigenvalue weighted by Crippen LogP contribution is 2.25. The lowest BCUT2D eigenvalue weighted by molar-refractivity contribution is 0.0851. The van der Waals surface area contributed by atoms with E-state index in [9.17, 15) is 9.59 Å². The third-order valence-electron chi connectivity index (χ3n) is 4.15. The zero-order valence-corrected chi connectivity index (χ0v) is 16.3. The Kier molecular flexibility index (Phi) is 7.38. The molecule has 1 aliphatic heterocycles. The van der Waals surface area contributed by atoms with E-state index in [1.54, 1.807) is 16.7 Å². The van der Waals surface area contributed by atoms with Crippen LogP contribution in [-0.2, 0) is 4.74 Å². The molecule has 1 aliphatic rings. The van der Waals surface area contributed by atoms with E-state index in [2.05, 4.69) is 5.32 Å². The summed E-state index contributed by atoms with van der Waals surface area (Å²) in [5.41, 5.74) is 1.93. The number of halogens is 1. The van der Waals surface area contributed by atoms with Gasteiger partial charge in [0.1, 0.15) is 12.4 Å². The van der Waals surface area contributed by atoms with E-state index in [0.717, 1.165) is 21.9 Å². The molecule has 7 nitrogen and oxygen atoms in total. The van der Waals surface area contributed by atoms with Crippen molar-refractivity contribution in [3.63, 3.8) is 0 Å². The van der Waals surface area contributed by atoms with Gasteiger partial charge in [-0.2, -0.15) is 0 Å². The number of nitrogens with zero attached hydrogens (tertiary/aromatic N) is 2. The first-order chi connectivity index (χ1) is 12.4. The molecule has 1 aromatic carbocycles. The van der Waals surface area contributed by atoms with E-state index in [0.29, 0.717) is 45.9 Å². The largest absolute Gasteiger partial charge is 0.492 e. The predicted octanol–water partition coefficient (Wildman–Crippen LogP) is 2.82. The third-order valence-corrected chi connectivity index (χ3v) is 4.75. The highest BCUT2D eigenvalue weighted by atomic mass is 35.5. The van der Waals surface area contributed by atoms with E-state index >= 15 is 0 Å². The number of urea groups is 1. The third kappa shape index (κ3) is 5.42. The summed E-state index contributed by atoms with van der Waals surface area (Å²) >= 11 is 6.14. The van der Waals surface area contributed by atoms with E-state index in [4.69, 9.17) is 21.1 Å². The molecule has 26 heavy (non-hydrogen) atoms. The van der Waals surface area contributed by atoms with Crippen LogP contribution < -0.4 is 10.1 Å². The molecule has 1 aromatic rings. The van der Waals surface area contributed by atoms with Crippen molar-refractivity contribution in [3.05, 3.63) is 28.3 Å². The molecule has 3 amide bonds. The summed E-state index contributed by atoms with van der Waals surface area (Å²) in [6.45, 7) is 8.69. The monoisotopic (exact) mass is 383 g/mol. The number of hydrogen-bond donors (Lipinski definition) is 1. The van der Waals surface area contributed by atoms with Gasteiger partial charge in [0.2, 0.25) is 0 Å². The van der Waals surface area contributed by atoms with Crippen molar-refractivity contribution in [2.45, 2.75) is 20.8 Å². The standard InChI is InChI=1S/C18H26ClN3O4/c1-4-25-18(24)22-8-6-21(7-9-22)17(23)20-5-10-26-15-11-13(2)16(19)14(3)12-15/h11-12H,4-10H2,1-3H3,(H,20,23). The van der Waals surface area contributed by atoms with Crippen LogP contribution >= 0.6 is 11.6 Å². The van der Waals surface area contributed by atoms with E-state index in [1.165, 1.54) is 0 Å². The summed E-state index contributed by atoms with van der Waals surface area (Å²) in [4.78, 5) is 27.1. The highest BCUT2D eigenvalue weighted by molar-refractivity contribution is 6.32. The minimum absolute atomic E-state index is 0.152. The molecule has 2 rings (SSSR count). The first kappa shape index (κ1) is 20.2. The van der Waals surface area contributed by atoms with Gasteiger partial charge in [0.25, 0.3) is 0 Å². The molecular formula is C18H26ClN3O4. The van der Waals surface area contributed by atoms with Crippen molar-refractivity contribution in [1.29, 1.82) is 0 Å². The second-order valence-corrected chi connectivity index (χ2v) is 6.50. The smallest absolute Gasteiger partial charge is 0.409 e. The number of piperazine rings is 1. The van der Waals surface area contributed by atoms with Crippen LogP contribution in [0, 0.1) is 13.8 Å². The van der Waals surface area contributed by atoms with Crippen LogP contribution in [0.25, 0.3) is 0 Å². The number of carbonyl (C=O) groups is 2. The minimum Gasteiger partial charge on any atom is -0.492 e. The normalized spacial score (nSPS) is 14.2. The van der Waals surface area contributed by atoms with E-state index < -0.39 is 0 Å². The Balaban J connectivity index is 1.69. The van der Waals surface area contributed by atoms with Gasteiger partial charge in [0.05, 0.1) is 13.2 Å². The Hall–Kier alpha value is -2.15. The first-order valence-electron chi connectivity index (χ1n) is 8.76. The van der Waals surface area contributed by atoms with Crippen LogP contribution in [0.1, 0.15) is 18.1 Å². The molecule has 0 spiro atoms. The molecule has 144 valence electrons. The Morgan fingerprint density at radius 1 is 1.12 bits per heavy atom. The second-order valence-electron chi connectivity index (χ2n) is 6.12. The molecule has 1 N–H and O–H groups in total. The number of nitrogens with one attached hydrogen (secondary N) is 1. The quantitative estimate of drug-likeness (QED) is 0.793. The topological polar surface area (TPSA) is 71.1 Å². The maximum absolute atomic E-state index is 12.2. The average Bonchev–Trinajstić information content (AvgIpc) is 2.63. The van der Waals surface area contributed by atoms with Gasteiger partial charge in [-0.3, -0.25) is 0 Å². The van der Waals surface area contributed by atoms with Gasteiger partial charge in [-0.05, 0) is 44.0 Å². The van der Waals surface area contributed by atoms with Gasteiger partial charge >= 0.3 is 12.1 Å². The van der Waals surface area contributed by atoms with Crippen LogP contribution in [0.5, 0.6) is 5.75 Å². The number of rotatable bonds is 5. The zero-order chi connectivity index (χ0) is 19.1. The SMILES string of the molecule is CCOC(=O)N1CCN(C(=O)NCCOc2cc(C)c(Cl)c(C)c2)CC1. The Morgan fingerprint density at radius 2 is 1.69 bits per heavy atom. The second kappa shape index (κ2) is 9.52. The average molecular weight is 384 g/mol. The summed E-state index contributed by atoms with van der Waals surface area (Å²) in [6.07, 6.45) is -0.325. The van der Waals surface area contributed by atoms with E-state index in [1.807, 2.05) is 26.0 Å². The number of ether oxygens (including phenoxy) is 2. The van der Waals surface area contributed by atoms with Gasteiger partial charge in [-0.25, -0.2) is 9.59 Å². The first-order valence-corrected chi connectivity index (χ1v) is 9.14. The molecule has 0 unspecified atom stereocenters. The van der Waals surface area contributed by atoms with Crippen molar-refractivity contribution in [1.82, 2.24) is 15.1 Å². The van der Waals surface area contributed by atoms with Gasteiger partial charge in [-0.15, -0.1) is 0 Å². The summed E-state index contributed by atoms with van der Waals surface area (Å²) in [5.74, 6) is 0.738. The summed E-state index contributed by atoms with van der Waals surface area (Å²) in [7, 11) is 0. The van der Waals surface area contributed by atoms with Crippen molar-refractivity contribution in [2.75, 3.05) is 45.9 Å². The molecule has 1 fully saturated rings. The fourth-order valence-corrected chi connectivity index (χ4v) is 2.84. The molecule has 0 atom stereocenters. The lowest BCUT2D eigenvalue weighted by Crippen LogP contribution is -2.53. The van der Waals surface area contributed by atoms with Crippen molar-refractivity contribution in [2.24, 2.45) is 0 Å². The maximum atomic E-state index is 12.2. The fourth-order valence-electron chi connectivity index (χ4n) is 2.74. The summed E-state index contributed by atoms with van der Waals surface area (Å²) in [6, 6.07) is 3.61. The summed E-state index contributed by atoms with van der Waals surface area (Å²) < 4.78 is 10.6. The molecule has 0 radical (unpaired) electrons. The molecule has 1 heterocycles. The van der Waals surface area contributed by atoms with Gasteiger partial charge in [-0.1, -0.05) is 11.6 Å². The number of hydrogen-bond acceptors (Lipinski definition) is 4. The zero-order valence-electron chi connectivity index (χ0n) is 15.5. The van der Waals surface area contributed by atoms with Gasteiger partial charge < -0.3 is 24.6 Å². The summed E-state index contributed by atoms with van der Waals surface area (Å²) in [5, 5.41) is 3.58. The Labute approximate surface area is 159 Å². The molecule has 8 heteroatoms. The lowest BCUT2D eigenvalue weighted by Gasteiger charge is -2.33. The lowest BCUT2D eigenvalue weighted by atomic mass is 10.1. The van der Waals surface area contributed by atoms with Crippen LogP contribution in [-0.4, -0.2) is 67.9 Å². The van der Waals surface area contributed by atoms with E-state index in [-0.39, 0.29) is 12.1 Å². The minimum atomic E-state index is -0.325. The number of aryl methyl sites for hydroxylation is 2. The molecule has 0 bridgehead atoms. The number of benzene rings is 1. The molecule has 1 saturated heterocycles. The van der Waals surface area contributed by atoms with Crippen LogP contribution in [0.4, 0.5) is 9.59 Å². The van der Waals surface area contributed by atoms with Crippen LogP contribution in [0.15, 0.2) is 12.1 Å². The van der Waals surface area contributed by atoms with Crippen molar-refractivity contribution < 1.29 is 19.1 Å². The Bertz CT molecular complexity index is 622. The predicted molar refractivity (Wildman–Crippen MR) is 100.0 cm³/mol. The van der Waals surface area contributed by atoms with Crippen molar-refractivity contribution >= 4 is 23.7 Å². The molecule has 0 aromatic heterocycles. The van der Waals surface area contributed by atoms with Gasteiger partial charge in [0, 0.05) is 31.2 Å². The number of amides is 3. The Morgan fingerprint density at radius 3 is 2.27 bits per heavy atom. The molecular weight excluding hydrogens is 358 g/mol. The van der Waals surface area contributed by atoms with Crippen LogP contribution in [0.2, 0.25) is 5.02 Å². The van der Waals surface area contributed by atoms with Crippen molar-refractivity contribution in [3.8, 4) is 5.75 Å². The fraction of sp³-hybridized carbons (Fsp3) is 0.556. The van der Waals surface area contributed by atoms with Gasteiger partial charge in [0.15, 0.2) is 0 Å². The molecule has 0 aliphatic carbocycles. The maximum Gasteiger partial charge on any atom is 0.409 e. The van der Waals surface area contributed by atoms with Crippen LogP contribution in [0.3, 0.4) is 0 Å². The number of carbonyl (C=O) groups excluding carboxylic acids is 2. The molecule has 0 saturated carbocycles. The highest BCUT2D eigenvalue weighted by Gasteiger charge is 2.24.